The molecule has 0 aliphatic rings. The molecule has 0 unspecified atom stereocenters. The normalized spacial score (nSPS) is 11.7. The van der Waals surface area contributed by atoms with Gasteiger partial charge in [0.25, 0.3) is 0 Å². The number of fused-ring (bicyclic) bond motifs is 12. The lowest BCUT2D eigenvalue weighted by molar-refractivity contribution is 0.924. The summed E-state index contributed by atoms with van der Waals surface area (Å²) in [5, 5.41) is 32.1. The zero-order valence-electron chi connectivity index (χ0n) is 75.9. The summed E-state index contributed by atoms with van der Waals surface area (Å²) in [7, 11) is 0. The summed E-state index contributed by atoms with van der Waals surface area (Å²) in [6.45, 7) is 14.7. The maximum Gasteiger partial charge on any atom is 0.168 e. The Labute approximate surface area is 786 Å². The highest BCUT2D eigenvalue weighted by molar-refractivity contribution is 6.18. The largest absolute Gasteiger partial charge is 0.308 e. The van der Waals surface area contributed by atoms with Crippen molar-refractivity contribution in [1.29, 1.82) is 10.5 Å². The van der Waals surface area contributed by atoms with E-state index >= 15 is 0 Å². The van der Waals surface area contributed by atoms with Crippen molar-refractivity contribution in [3.63, 3.8) is 0 Å². The summed E-state index contributed by atoms with van der Waals surface area (Å²) in [6.07, 6.45) is 0.499. The van der Waals surface area contributed by atoms with Crippen LogP contribution < -0.4 is 0 Å². The molecule has 0 radical (unpaired) electrons. The van der Waals surface area contributed by atoms with Gasteiger partial charge < -0.3 is 18.3 Å². The molecule has 0 saturated carbocycles. The standard InChI is InChI=1S/C124H86N12/c1-74-28-26-38-86(60-74)88-48-53-100-98-44-22-24-46-106(98)135(112(100)70-88)116-65-83(73-126)66-117(119(116)123-128-79(6)127-80(7)129-123)136-107-47-25-23-45-99(107)101-54-49-89(71-113(101)136)87-39-27-33-81(61-87)62-104-97(96-43-21-17-32-78(96)5)55-59-111-118(104)105-69-92(95-42-20-16-31-77(95)4)52-58-110(105)134(111)115-64-82(72-125)63-114(120(115)124-131-121(84-34-10-8-11-35-84)130-122(132-124)85-36-12-9-13-37-85)133-108-56-50-90(93-40-18-14-29-75(93)2)67-102(108)103-68-91(51-57-109(103)133)94-41-19-15-30-76(94)3/h8-61,63-71H,62H2,1-7H3. The predicted molar refractivity (Wildman–Crippen MR) is 557 cm³/mol. The topological polar surface area (TPSA) is 145 Å². The summed E-state index contributed by atoms with van der Waals surface area (Å²) >= 11 is 0. The summed E-state index contributed by atoms with van der Waals surface area (Å²) in [5.74, 6) is 3.06. The lowest BCUT2D eigenvalue weighted by Crippen LogP contribution is -2.09. The van der Waals surface area contributed by atoms with E-state index in [1.165, 1.54) is 16.7 Å². The van der Waals surface area contributed by atoms with Gasteiger partial charge in [0.05, 0.1) is 101 Å². The second-order valence-corrected chi connectivity index (χ2v) is 35.8. The maximum atomic E-state index is 12.1. The number of rotatable bonds is 16. The third kappa shape index (κ3) is 13.8. The molecule has 12 nitrogen and oxygen atoms in total. The van der Waals surface area contributed by atoms with Gasteiger partial charge in [-0.3, -0.25) is 0 Å². The van der Waals surface area contributed by atoms with Crippen LogP contribution in [-0.4, -0.2) is 48.2 Å². The smallest absolute Gasteiger partial charge is 0.168 e. The minimum Gasteiger partial charge on any atom is -0.308 e. The van der Waals surface area contributed by atoms with Crippen LogP contribution in [0.2, 0.25) is 0 Å². The molecule has 0 N–H and O–H groups in total. The van der Waals surface area contributed by atoms with Crippen LogP contribution in [0.1, 0.15) is 61.7 Å². The Kier molecular flexibility index (Phi) is 19.7. The number of nitriles is 2. The van der Waals surface area contributed by atoms with Crippen LogP contribution in [0.15, 0.2) is 382 Å². The molecular formula is C124H86N12. The second-order valence-electron chi connectivity index (χ2n) is 35.8. The van der Waals surface area contributed by atoms with Gasteiger partial charge in [0.2, 0.25) is 0 Å². The predicted octanol–water partition coefficient (Wildman–Crippen LogP) is 30.6. The molecule has 0 atom stereocenters. The van der Waals surface area contributed by atoms with Gasteiger partial charge in [0, 0.05) is 54.2 Å². The van der Waals surface area contributed by atoms with Crippen LogP contribution in [0, 0.1) is 71.1 Å². The van der Waals surface area contributed by atoms with Gasteiger partial charge in [-0.2, -0.15) is 10.5 Å². The highest BCUT2D eigenvalue weighted by Crippen LogP contribution is 2.50. The van der Waals surface area contributed by atoms with Crippen LogP contribution in [0.25, 0.3) is 222 Å². The van der Waals surface area contributed by atoms with Gasteiger partial charge in [-0.05, 0) is 246 Å². The van der Waals surface area contributed by atoms with E-state index in [1.807, 2.05) is 68.4 Å². The molecule has 0 saturated heterocycles. The first-order valence-corrected chi connectivity index (χ1v) is 46.1. The third-order valence-corrected chi connectivity index (χ3v) is 27.4. The molecule has 0 aliphatic heterocycles. The Morgan fingerprint density at radius 1 is 0.228 bits per heavy atom. The number of hydrogen-bond donors (Lipinski definition) is 0. The van der Waals surface area contributed by atoms with Crippen molar-refractivity contribution in [1.82, 2.24) is 48.2 Å². The van der Waals surface area contributed by atoms with Gasteiger partial charge in [-0.15, -0.1) is 0 Å². The SMILES string of the molecule is Cc1cccc(-c2ccc3c4ccccc4n(-c4cc(C#N)cc(-n5c6ccccc6c6ccc(-c7cccc(Cc8c(-c9ccccc9C)ccc9c8c8cc(-c%10ccccc%10C)ccc8n9-c8cc(C#N)cc(-n9c%10ccc(-c%11ccccc%11C)cc%10c%10cc(-c%11ccccc%11C)ccc%109)c8-c8nc(-c9ccccc9)nc(-c9ccccc9)n8)c7)cc65)c4-c4nc(C)nc(C)n4)c3c2)c1. The number of hydrogen-bond acceptors (Lipinski definition) is 8. The molecule has 12 heteroatoms. The molecule has 0 amide bonds. The van der Waals surface area contributed by atoms with Crippen molar-refractivity contribution in [2.75, 3.05) is 0 Å². The Hall–Kier alpha value is -17.8. The van der Waals surface area contributed by atoms with E-state index in [0.717, 1.165) is 204 Å². The van der Waals surface area contributed by atoms with Gasteiger partial charge >= 0.3 is 0 Å². The van der Waals surface area contributed by atoms with Gasteiger partial charge in [-0.25, -0.2) is 29.9 Å². The number of aromatic nitrogens is 10. The second kappa shape index (κ2) is 32.9. The summed E-state index contributed by atoms with van der Waals surface area (Å²) in [6, 6.07) is 142. The molecule has 18 aromatic carbocycles. The summed E-state index contributed by atoms with van der Waals surface area (Å²) < 4.78 is 9.39. The van der Waals surface area contributed by atoms with E-state index in [4.69, 9.17) is 29.9 Å². The molecule has 24 rings (SSSR count). The van der Waals surface area contributed by atoms with Crippen molar-refractivity contribution < 1.29 is 0 Å². The Morgan fingerprint density at radius 2 is 0.581 bits per heavy atom. The van der Waals surface area contributed by atoms with Gasteiger partial charge in [0.15, 0.2) is 23.3 Å². The van der Waals surface area contributed by atoms with E-state index in [-0.39, 0.29) is 0 Å². The Morgan fingerprint density at radius 3 is 1.05 bits per heavy atom. The minimum absolute atomic E-state index is 0.421. The van der Waals surface area contributed by atoms with E-state index in [9.17, 15) is 10.5 Å². The fourth-order valence-corrected chi connectivity index (χ4v) is 21.1. The average Bonchev–Trinajstić information content (AvgIpc) is 1.55. The minimum atomic E-state index is 0.421. The van der Waals surface area contributed by atoms with Crippen molar-refractivity contribution in [2.45, 2.75) is 54.9 Å². The maximum absolute atomic E-state index is 12.1. The number of aryl methyl sites for hydroxylation is 7. The van der Waals surface area contributed by atoms with Crippen LogP contribution in [0.3, 0.4) is 0 Å². The summed E-state index contributed by atoms with van der Waals surface area (Å²) in [5.41, 5.74) is 35.6. The molecule has 136 heavy (non-hydrogen) atoms. The van der Waals surface area contributed by atoms with E-state index in [1.54, 1.807) is 0 Å². The first-order chi connectivity index (χ1) is 66.7. The first kappa shape index (κ1) is 81.4. The molecule has 0 aliphatic carbocycles. The molecular weight excluding hydrogens is 1660 g/mol. The van der Waals surface area contributed by atoms with E-state index in [0.29, 0.717) is 69.4 Å². The van der Waals surface area contributed by atoms with Gasteiger partial charge in [0.1, 0.15) is 11.6 Å². The molecule has 0 bridgehead atoms. The molecule has 0 spiro atoms. The number of benzene rings is 18. The van der Waals surface area contributed by atoms with Crippen LogP contribution in [-0.2, 0) is 6.42 Å². The molecule has 24 aromatic rings. The van der Waals surface area contributed by atoms with Crippen molar-refractivity contribution in [3.8, 4) is 147 Å². The van der Waals surface area contributed by atoms with Crippen molar-refractivity contribution in [3.05, 3.63) is 444 Å². The monoisotopic (exact) mass is 1740 g/mol. The van der Waals surface area contributed by atoms with Crippen LogP contribution >= 0.6 is 0 Å². The van der Waals surface area contributed by atoms with E-state index < -0.39 is 0 Å². The van der Waals surface area contributed by atoms with Crippen molar-refractivity contribution >= 4 is 87.2 Å². The van der Waals surface area contributed by atoms with E-state index in [2.05, 4.69) is 393 Å². The first-order valence-electron chi connectivity index (χ1n) is 46.1. The van der Waals surface area contributed by atoms with Crippen molar-refractivity contribution in [2.24, 2.45) is 0 Å². The fourth-order valence-electron chi connectivity index (χ4n) is 21.1. The fraction of sp³-hybridized carbons (Fsp3) is 0.0645. The zero-order valence-corrected chi connectivity index (χ0v) is 75.9. The number of nitrogens with zero attached hydrogens (tertiary/aromatic N) is 12. The Balaban J connectivity index is 0.752. The highest BCUT2D eigenvalue weighted by atomic mass is 15.1. The molecule has 6 heterocycles. The quantitative estimate of drug-likeness (QED) is 0.0930. The number of para-hydroxylation sites is 2. The van der Waals surface area contributed by atoms with Gasteiger partial charge in [-0.1, -0.05) is 297 Å². The summed E-state index contributed by atoms with van der Waals surface area (Å²) in [4.78, 5) is 32.1. The van der Waals surface area contributed by atoms with Crippen LogP contribution in [0.5, 0.6) is 0 Å². The molecule has 642 valence electrons. The van der Waals surface area contributed by atoms with Crippen LogP contribution in [0.4, 0.5) is 0 Å². The Bertz CT molecular complexity index is 9020. The lowest BCUT2D eigenvalue weighted by Gasteiger charge is -2.21. The zero-order chi connectivity index (χ0) is 91.7. The molecule has 0 fully saturated rings. The highest BCUT2D eigenvalue weighted by Gasteiger charge is 2.32. The molecule has 6 aromatic heterocycles. The lowest BCUT2D eigenvalue weighted by atomic mass is 9.88. The average molecular weight is 1740 g/mol. The third-order valence-electron chi connectivity index (χ3n) is 27.4.